The lowest BCUT2D eigenvalue weighted by atomic mass is 10.3. The molecule has 1 N–H and O–H groups in total. The molecule has 20 heavy (non-hydrogen) atoms. The van der Waals surface area contributed by atoms with Crippen LogP contribution in [0.2, 0.25) is 0 Å². The van der Waals surface area contributed by atoms with Crippen molar-refractivity contribution in [3.8, 4) is 0 Å². The molecular weight excluding hydrogens is 277 g/mol. The van der Waals surface area contributed by atoms with Gasteiger partial charge in [-0.25, -0.2) is 9.78 Å². The minimum Gasteiger partial charge on any atom is -0.441 e. The SMILES string of the molecule is CCc1nc2cc(NC(=O)OCC(F)(F)F)ccc2o1. The molecule has 108 valence electrons. The Morgan fingerprint density at radius 1 is 1.45 bits per heavy atom. The number of halogens is 3. The van der Waals surface area contributed by atoms with E-state index in [2.05, 4.69) is 15.0 Å². The summed E-state index contributed by atoms with van der Waals surface area (Å²) in [5.41, 5.74) is 1.33. The van der Waals surface area contributed by atoms with Gasteiger partial charge in [0.2, 0.25) is 0 Å². The smallest absolute Gasteiger partial charge is 0.422 e. The highest BCUT2D eigenvalue weighted by Crippen LogP contribution is 2.21. The fraction of sp³-hybridized carbons (Fsp3) is 0.333. The Labute approximate surface area is 111 Å². The number of hydrogen-bond acceptors (Lipinski definition) is 4. The minimum absolute atomic E-state index is 0.278. The standard InChI is InChI=1S/C12H11F3N2O3/c1-2-10-17-8-5-7(3-4-9(8)20-10)16-11(18)19-6-12(13,14)15/h3-5H,2,6H2,1H3,(H,16,18). The number of amides is 1. The van der Waals surface area contributed by atoms with Crippen LogP contribution >= 0.6 is 0 Å². The zero-order chi connectivity index (χ0) is 14.8. The molecule has 1 aromatic heterocycles. The van der Waals surface area contributed by atoms with Crippen LogP contribution in [0.15, 0.2) is 22.6 Å². The topological polar surface area (TPSA) is 64.4 Å². The maximum Gasteiger partial charge on any atom is 0.422 e. The highest BCUT2D eigenvalue weighted by atomic mass is 19.4. The molecule has 2 aromatic rings. The molecule has 0 saturated carbocycles. The molecular formula is C12H11F3N2O3. The van der Waals surface area contributed by atoms with Gasteiger partial charge in [-0.1, -0.05) is 6.92 Å². The molecule has 0 unspecified atom stereocenters. The average Bonchev–Trinajstić information content (AvgIpc) is 2.78. The Balaban J connectivity index is 2.04. The Hall–Kier alpha value is -2.25. The van der Waals surface area contributed by atoms with Crippen LogP contribution in [0.1, 0.15) is 12.8 Å². The summed E-state index contributed by atoms with van der Waals surface area (Å²) in [5.74, 6) is 0.539. The summed E-state index contributed by atoms with van der Waals surface area (Å²) in [5, 5.41) is 2.19. The molecule has 0 spiro atoms. The molecule has 8 heteroatoms. The number of aromatic nitrogens is 1. The van der Waals surface area contributed by atoms with Crippen molar-refractivity contribution in [2.75, 3.05) is 11.9 Å². The number of nitrogens with one attached hydrogen (secondary N) is 1. The zero-order valence-corrected chi connectivity index (χ0v) is 10.5. The van der Waals surface area contributed by atoms with Crippen LogP contribution in [-0.2, 0) is 11.2 Å². The molecule has 0 fully saturated rings. The van der Waals surface area contributed by atoms with Crippen LogP contribution in [0.4, 0.5) is 23.7 Å². The summed E-state index contributed by atoms with van der Waals surface area (Å²) in [6.45, 7) is 0.239. The van der Waals surface area contributed by atoms with Crippen LogP contribution in [0.25, 0.3) is 11.1 Å². The van der Waals surface area contributed by atoms with E-state index in [9.17, 15) is 18.0 Å². The van der Waals surface area contributed by atoms with E-state index in [1.165, 1.54) is 12.1 Å². The van der Waals surface area contributed by atoms with Gasteiger partial charge in [-0.05, 0) is 18.2 Å². The number of carbonyl (C=O) groups excluding carboxylic acids is 1. The van der Waals surface area contributed by atoms with E-state index in [-0.39, 0.29) is 5.69 Å². The van der Waals surface area contributed by atoms with E-state index in [1.807, 2.05) is 6.92 Å². The number of hydrogen-bond donors (Lipinski definition) is 1. The number of carbonyl (C=O) groups is 1. The normalized spacial score (nSPS) is 11.6. The van der Waals surface area contributed by atoms with Gasteiger partial charge in [0.15, 0.2) is 18.1 Å². The van der Waals surface area contributed by atoms with Crippen LogP contribution in [-0.4, -0.2) is 23.9 Å². The summed E-state index contributed by atoms with van der Waals surface area (Å²) in [6, 6.07) is 4.55. The lowest BCUT2D eigenvalue weighted by Crippen LogP contribution is -2.23. The Bertz CT molecular complexity index is 622. The van der Waals surface area contributed by atoms with Crippen molar-refractivity contribution >= 4 is 22.9 Å². The largest absolute Gasteiger partial charge is 0.441 e. The van der Waals surface area contributed by atoms with Crippen LogP contribution in [0.5, 0.6) is 0 Å². The first kappa shape index (κ1) is 14.2. The van der Waals surface area contributed by atoms with E-state index in [0.717, 1.165) is 0 Å². The molecule has 0 aliphatic carbocycles. The summed E-state index contributed by atoms with van der Waals surface area (Å²) < 4.78 is 45.0. The number of alkyl halides is 3. The number of benzene rings is 1. The van der Waals surface area contributed by atoms with Crippen molar-refractivity contribution in [1.82, 2.24) is 4.98 Å². The van der Waals surface area contributed by atoms with Gasteiger partial charge in [-0.2, -0.15) is 13.2 Å². The number of aryl methyl sites for hydroxylation is 1. The zero-order valence-electron chi connectivity index (χ0n) is 10.5. The fourth-order valence-electron chi connectivity index (χ4n) is 1.51. The van der Waals surface area contributed by atoms with Gasteiger partial charge < -0.3 is 9.15 Å². The van der Waals surface area contributed by atoms with Crippen molar-refractivity contribution in [2.45, 2.75) is 19.5 Å². The fourth-order valence-corrected chi connectivity index (χ4v) is 1.51. The average molecular weight is 288 g/mol. The Morgan fingerprint density at radius 2 is 2.20 bits per heavy atom. The number of anilines is 1. The molecule has 0 saturated heterocycles. The van der Waals surface area contributed by atoms with Gasteiger partial charge in [-0.3, -0.25) is 5.32 Å². The highest BCUT2D eigenvalue weighted by Gasteiger charge is 2.29. The third-order valence-electron chi connectivity index (χ3n) is 2.35. The van der Waals surface area contributed by atoms with Gasteiger partial charge in [0.1, 0.15) is 5.52 Å². The third-order valence-corrected chi connectivity index (χ3v) is 2.35. The number of ether oxygens (including phenoxy) is 1. The molecule has 1 amide bonds. The lowest BCUT2D eigenvalue weighted by molar-refractivity contribution is -0.159. The molecule has 1 aromatic carbocycles. The highest BCUT2D eigenvalue weighted by molar-refractivity contribution is 5.88. The van der Waals surface area contributed by atoms with E-state index in [4.69, 9.17) is 4.42 Å². The molecule has 0 bridgehead atoms. The Morgan fingerprint density at radius 3 is 2.85 bits per heavy atom. The van der Waals surface area contributed by atoms with Crippen molar-refractivity contribution in [3.05, 3.63) is 24.1 Å². The van der Waals surface area contributed by atoms with Crippen LogP contribution in [0.3, 0.4) is 0 Å². The second-order valence-corrected chi connectivity index (χ2v) is 3.96. The number of oxazole rings is 1. The van der Waals surface area contributed by atoms with Gasteiger partial charge in [0.05, 0.1) is 0 Å². The Kier molecular flexibility index (Phi) is 3.82. The predicted molar refractivity (Wildman–Crippen MR) is 64.4 cm³/mol. The first-order chi connectivity index (χ1) is 9.37. The summed E-state index contributed by atoms with van der Waals surface area (Å²) in [7, 11) is 0. The maximum absolute atomic E-state index is 11.9. The lowest BCUT2D eigenvalue weighted by Gasteiger charge is -2.08. The molecule has 5 nitrogen and oxygen atoms in total. The monoisotopic (exact) mass is 288 g/mol. The van der Waals surface area contributed by atoms with Gasteiger partial charge in [-0.15, -0.1) is 0 Å². The quantitative estimate of drug-likeness (QED) is 0.938. The van der Waals surface area contributed by atoms with Crippen molar-refractivity contribution < 1.29 is 27.1 Å². The molecule has 0 atom stereocenters. The van der Waals surface area contributed by atoms with Crippen molar-refractivity contribution in [3.63, 3.8) is 0 Å². The first-order valence-corrected chi connectivity index (χ1v) is 5.77. The van der Waals surface area contributed by atoms with Crippen LogP contribution < -0.4 is 5.32 Å². The summed E-state index contributed by atoms with van der Waals surface area (Å²) >= 11 is 0. The van der Waals surface area contributed by atoms with E-state index in [0.29, 0.717) is 23.4 Å². The first-order valence-electron chi connectivity index (χ1n) is 5.77. The van der Waals surface area contributed by atoms with Gasteiger partial charge in [0, 0.05) is 12.1 Å². The second kappa shape index (κ2) is 5.40. The number of fused-ring (bicyclic) bond motifs is 1. The van der Waals surface area contributed by atoms with E-state index >= 15 is 0 Å². The van der Waals surface area contributed by atoms with Gasteiger partial charge in [0.25, 0.3) is 0 Å². The maximum atomic E-state index is 11.9. The summed E-state index contributed by atoms with van der Waals surface area (Å²) in [4.78, 5) is 15.3. The van der Waals surface area contributed by atoms with Gasteiger partial charge >= 0.3 is 12.3 Å². The number of nitrogens with zero attached hydrogens (tertiary/aromatic N) is 1. The van der Waals surface area contributed by atoms with E-state index in [1.54, 1.807) is 6.07 Å². The predicted octanol–water partition coefficient (Wildman–Crippen LogP) is 3.50. The van der Waals surface area contributed by atoms with Crippen LogP contribution in [0, 0.1) is 0 Å². The van der Waals surface area contributed by atoms with E-state index < -0.39 is 18.9 Å². The van der Waals surface area contributed by atoms with Crippen molar-refractivity contribution in [2.24, 2.45) is 0 Å². The third kappa shape index (κ3) is 3.62. The molecule has 0 aliphatic heterocycles. The summed E-state index contributed by atoms with van der Waals surface area (Å²) in [6.07, 6.45) is -5.12. The number of rotatable bonds is 3. The molecule has 1 heterocycles. The molecule has 2 rings (SSSR count). The molecule has 0 radical (unpaired) electrons. The minimum atomic E-state index is -4.55. The second-order valence-electron chi connectivity index (χ2n) is 3.96. The van der Waals surface area contributed by atoms with Crippen molar-refractivity contribution in [1.29, 1.82) is 0 Å². The molecule has 0 aliphatic rings.